The molecule has 2 unspecified atom stereocenters. The van der Waals surface area contributed by atoms with E-state index in [4.69, 9.17) is 5.84 Å². The predicted molar refractivity (Wildman–Crippen MR) is 73.4 cm³/mol. The first-order valence-corrected chi connectivity index (χ1v) is 6.07. The van der Waals surface area contributed by atoms with Crippen LogP contribution in [0.1, 0.15) is 38.5 Å². The van der Waals surface area contributed by atoms with Crippen LogP contribution in [0.2, 0.25) is 0 Å². The lowest BCUT2D eigenvalue weighted by Crippen LogP contribution is -2.49. The van der Waals surface area contributed by atoms with Gasteiger partial charge in [-0.1, -0.05) is 12.8 Å². The number of likely N-dealkylation sites (tertiary alicyclic amines) is 1. The van der Waals surface area contributed by atoms with Gasteiger partial charge in [-0.25, -0.2) is 5.84 Å². The molecule has 2 atom stereocenters. The smallest absolute Gasteiger partial charge is 0.238 e. The Balaban J connectivity index is 0.00000128. The van der Waals surface area contributed by atoms with Gasteiger partial charge < -0.3 is 0 Å². The van der Waals surface area contributed by atoms with E-state index >= 15 is 0 Å². The van der Waals surface area contributed by atoms with E-state index in [1.165, 1.54) is 38.8 Å². The van der Waals surface area contributed by atoms with Crippen LogP contribution >= 0.6 is 24.8 Å². The van der Waals surface area contributed by atoms with E-state index in [1.807, 2.05) is 0 Å². The molecule has 1 aliphatic carbocycles. The van der Waals surface area contributed by atoms with E-state index < -0.39 is 0 Å². The standard InChI is InChI=1S/C11H21N3O.2ClH/c12-13-11(15)9-5-1-2-6-10(9)14-7-3-4-8-14;;/h9-10H,1-8,12H2,(H,13,15);2*1H. The summed E-state index contributed by atoms with van der Waals surface area (Å²) in [4.78, 5) is 14.2. The Hall–Kier alpha value is -0.0300. The zero-order chi connectivity index (χ0) is 10.7. The lowest BCUT2D eigenvalue weighted by atomic mass is 9.83. The lowest BCUT2D eigenvalue weighted by Gasteiger charge is -2.36. The first-order valence-electron chi connectivity index (χ1n) is 6.07. The summed E-state index contributed by atoms with van der Waals surface area (Å²) in [6.07, 6.45) is 7.17. The van der Waals surface area contributed by atoms with Crippen molar-refractivity contribution in [2.45, 2.75) is 44.6 Å². The fourth-order valence-corrected chi connectivity index (χ4v) is 3.03. The number of nitrogens with zero attached hydrogens (tertiary/aromatic N) is 1. The molecule has 1 saturated carbocycles. The van der Waals surface area contributed by atoms with Crippen LogP contribution in [0.4, 0.5) is 0 Å². The number of nitrogens with two attached hydrogens (primary N) is 1. The number of amides is 1. The number of hydrogen-bond acceptors (Lipinski definition) is 3. The number of carbonyl (C=O) groups excluding carboxylic acids is 1. The van der Waals surface area contributed by atoms with Gasteiger partial charge in [0.1, 0.15) is 0 Å². The van der Waals surface area contributed by atoms with E-state index in [0.29, 0.717) is 6.04 Å². The maximum Gasteiger partial charge on any atom is 0.238 e. The predicted octanol–water partition coefficient (Wildman–Crippen LogP) is 1.47. The molecule has 0 spiro atoms. The molecule has 102 valence electrons. The van der Waals surface area contributed by atoms with Gasteiger partial charge in [0.05, 0.1) is 5.92 Å². The van der Waals surface area contributed by atoms with Crippen molar-refractivity contribution < 1.29 is 4.79 Å². The molecule has 6 heteroatoms. The molecule has 2 rings (SSSR count). The number of carbonyl (C=O) groups is 1. The Morgan fingerprint density at radius 2 is 1.65 bits per heavy atom. The van der Waals surface area contributed by atoms with Gasteiger partial charge in [-0.2, -0.15) is 0 Å². The summed E-state index contributed by atoms with van der Waals surface area (Å²) in [5.74, 6) is 5.41. The van der Waals surface area contributed by atoms with Crippen LogP contribution in [0.5, 0.6) is 0 Å². The largest absolute Gasteiger partial charge is 0.300 e. The van der Waals surface area contributed by atoms with Gasteiger partial charge >= 0.3 is 0 Å². The lowest BCUT2D eigenvalue weighted by molar-refractivity contribution is -0.128. The van der Waals surface area contributed by atoms with Gasteiger partial charge in [0.15, 0.2) is 0 Å². The minimum absolute atomic E-state index is 0. The highest BCUT2D eigenvalue weighted by atomic mass is 35.5. The fourth-order valence-electron chi connectivity index (χ4n) is 3.03. The summed E-state index contributed by atoms with van der Waals surface area (Å²) < 4.78 is 0. The maximum atomic E-state index is 11.7. The van der Waals surface area contributed by atoms with Crippen LogP contribution in [0.25, 0.3) is 0 Å². The van der Waals surface area contributed by atoms with E-state index in [0.717, 1.165) is 12.8 Å². The van der Waals surface area contributed by atoms with Crippen LogP contribution in [0.15, 0.2) is 0 Å². The molecular formula is C11H23Cl2N3O. The first kappa shape index (κ1) is 17.0. The van der Waals surface area contributed by atoms with Crippen molar-refractivity contribution in [3.05, 3.63) is 0 Å². The zero-order valence-corrected chi connectivity index (χ0v) is 11.7. The number of hydrazine groups is 1. The third kappa shape index (κ3) is 3.98. The van der Waals surface area contributed by atoms with Crippen molar-refractivity contribution in [3.8, 4) is 0 Å². The van der Waals surface area contributed by atoms with Crippen LogP contribution in [0.3, 0.4) is 0 Å². The highest BCUT2D eigenvalue weighted by Crippen LogP contribution is 2.30. The van der Waals surface area contributed by atoms with Gasteiger partial charge in [0.25, 0.3) is 0 Å². The number of rotatable bonds is 2. The monoisotopic (exact) mass is 283 g/mol. The van der Waals surface area contributed by atoms with Gasteiger partial charge in [-0.3, -0.25) is 15.1 Å². The Bertz CT molecular complexity index is 235. The summed E-state index contributed by atoms with van der Waals surface area (Å²) in [5, 5.41) is 0. The molecular weight excluding hydrogens is 261 g/mol. The highest BCUT2D eigenvalue weighted by molar-refractivity contribution is 5.85. The van der Waals surface area contributed by atoms with Crippen LogP contribution in [-0.2, 0) is 4.79 Å². The summed E-state index contributed by atoms with van der Waals surface area (Å²) in [6, 6.07) is 0.449. The van der Waals surface area contributed by atoms with Gasteiger partial charge in [0.2, 0.25) is 5.91 Å². The number of halogens is 2. The summed E-state index contributed by atoms with van der Waals surface area (Å²) in [6.45, 7) is 2.33. The van der Waals surface area contributed by atoms with Crippen molar-refractivity contribution >= 4 is 30.7 Å². The second-order valence-corrected chi connectivity index (χ2v) is 4.71. The SMILES string of the molecule is Cl.Cl.NNC(=O)C1CCCCC1N1CCCC1. The molecule has 1 saturated heterocycles. The van der Waals surface area contributed by atoms with E-state index in [2.05, 4.69) is 10.3 Å². The Kier molecular flexibility index (Phi) is 8.12. The third-order valence-electron chi connectivity index (χ3n) is 3.82. The first-order chi connectivity index (χ1) is 7.33. The van der Waals surface area contributed by atoms with Crippen molar-refractivity contribution in [3.63, 3.8) is 0 Å². The minimum Gasteiger partial charge on any atom is -0.300 e. The molecule has 1 aliphatic heterocycles. The van der Waals surface area contributed by atoms with Crippen LogP contribution in [0, 0.1) is 5.92 Å². The number of nitrogens with one attached hydrogen (secondary N) is 1. The molecule has 0 aromatic carbocycles. The second kappa shape index (κ2) is 8.14. The topological polar surface area (TPSA) is 58.4 Å². The van der Waals surface area contributed by atoms with Crippen molar-refractivity contribution in [2.75, 3.05) is 13.1 Å². The second-order valence-electron chi connectivity index (χ2n) is 4.71. The van der Waals surface area contributed by atoms with Crippen molar-refractivity contribution in [1.29, 1.82) is 0 Å². The minimum atomic E-state index is 0. The third-order valence-corrected chi connectivity index (χ3v) is 3.82. The van der Waals surface area contributed by atoms with E-state index in [-0.39, 0.29) is 36.6 Å². The Labute approximate surface area is 115 Å². The molecule has 2 fully saturated rings. The molecule has 1 amide bonds. The maximum absolute atomic E-state index is 11.7. The van der Waals surface area contributed by atoms with Gasteiger partial charge in [0, 0.05) is 6.04 Å². The molecule has 0 aromatic rings. The molecule has 0 radical (unpaired) electrons. The quantitative estimate of drug-likeness (QED) is 0.459. The van der Waals surface area contributed by atoms with Crippen molar-refractivity contribution in [2.24, 2.45) is 11.8 Å². The Morgan fingerprint density at radius 3 is 2.24 bits per heavy atom. The Morgan fingerprint density at radius 1 is 1.06 bits per heavy atom. The average molecular weight is 284 g/mol. The van der Waals surface area contributed by atoms with Gasteiger partial charge in [-0.05, 0) is 38.8 Å². The summed E-state index contributed by atoms with van der Waals surface area (Å²) >= 11 is 0. The normalized spacial score (nSPS) is 29.0. The molecule has 1 heterocycles. The van der Waals surface area contributed by atoms with Crippen molar-refractivity contribution in [1.82, 2.24) is 10.3 Å². The molecule has 2 aliphatic rings. The zero-order valence-electron chi connectivity index (χ0n) is 10.1. The molecule has 3 N–H and O–H groups in total. The van der Waals surface area contributed by atoms with Gasteiger partial charge in [-0.15, -0.1) is 24.8 Å². The molecule has 17 heavy (non-hydrogen) atoms. The number of hydrogen-bond donors (Lipinski definition) is 2. The van der Waals surface area contributed by atoms with E-state index in [1.54, 1.807) is 0 Å². The van der Waals surface area contributed by atoms with Crippen LogP contribution in [-0.4, -0.2) is 29.9 Å². The average Bonchev–Trinajstić information content (AvgIpc) is 2.81. The van der Waals surface area contributed by atoms with Crippen LogP contribution < -0.4 is 11.3 Å². The molecule has 0 aromatic heterocycles. The summed E-state index contributed by atoms with van der Waals surface area (Å²) in [5.41, 5.74) is 2.32. The fraction of sp³-hybridized carbons (Fsp3) is 0.909. The van der Waals surface area contributed by atoms with E-state index in [9.17, 15) is 4.79 Å². The highest BCUT2D eigenvalue weighted by Gasteiger charge is 2.35. The summed E-state index contributed by atoms with van der Waals surface area (Å²) in [7, 11) is 0. The molecule has 4 nitrogen and oxygen atoms in total. The molecule has 0 bridgehead atoms.